The molecule has 1 saturated carbocycles. The van der Waals surface area contributed by atoms with Gasteiger partial charge < -0.3 is 14.8 Å². The van der Waals surface area contributed by atoms with Crippen LogP contribution >= 0.6 is 0 Å². The first kappa shape index (κ1) is 19.3. The minimum absolute atomic E-state index is 0.136. The van der Waals surface area contributed by atoms with Crippen molar-refractivity contribution in [2.45, 2.75) is 65.1 Å². The molecule has 4 heteroatoms. The number of aryl methyl sites for hydroxylation is 2. The third kappa shape index (κ3) is 5.25. The van der Waals surface area contributed by atoms with E-state index < -0.39 is 6.10 Å². The summed E-state index contributed by atoms with van der Waals surface area (Å²) in [6, 6.07) is 13.6. The molecule has 0 saturated heterocycles. The number of rotatable bonds is 7. The lowest BCUT2D eigenvalue weighted by molar-refractivity contribution is -0.122. The average molecular weight is 367 g/mol. The van der Waals surface area contributed by atoms with Crippen molar-refractivity contribution in [2.24, 2.45) is 0 Å². The molecule has 1 fully saturated rings. The van der Waals surface area contributed by atoms with Crippen LogP contribution in [0.2, 0.25) is 0 Å². The van der Waals surface area contributed by atoms with Gasteiger partial charge in [-0.3, -0.25) is 4.79 Å². The first-order chi connectivity index (χ1) is 13.0. The molecule has 1 aliphatic rings. The molecule has 0 unspecified atom stereocenters. The summed E-state index contributed by atoms with van der Waals surface area (Å²) in [4.78, 5) is 12.6. The van der Waals surface area contributed by atoms with Gasteiger partial charge in [0.15, 0.2) is 6.10 Å². The van der Waals surface area contributed by atoms with E-state index in [2.05, 4.69) is 5.32 Å². The zero-order valence-corrected chi connectivity index (χ0v) is 16.5. The SMILES string of the molecule is CC[C@@H](Oc1cc(C)ccc1C)C(=O)Nc1ccc(OC2CCCC2)cc1. The van der Waals surface area contributed by atoms with Crippen LogP contribution in [0.5, 0.6) is 11.5 Å². The average Bonchev–Trinajstić information content (AvgIpc) is 3.17. The molecule has 0 bridgehead atoms. The Morgan fingerprint density at radius 1 is 1.11 bits per heavy atom. The number of hydrogen-bond acceptors (Lipinski definition) is 3. The maximum absolute atomic E-state index is 12.6. The summed E-state index contributed by atoms with van der Waals surface area (Å²) in [5, 5.41) is 2.95. The molecule has 4 nitrogen and oxygen atoms in total. The van der Waals surface area contributed by atoms with Crippen molar-refractivity contribution in [1.29, 1.82) is 0 Å². The summed E-state index contributed by atoms with van der Waals surface area (Å²) in [6.45, 7) is 5.96. The molecule has 27 heavy (non-hydrogen) atoms. The third-order valence-corrected chi connectivity index (χ3v) is 5.00. The fourth-order valence-corrected chi connectivity index (χ4v) is 3.35. The van der Waals surface area contributed by atoms with E-state index in [1.807, 2.05) is 63.2 Å². The fourth-order valence-electron chi connectivity index (χ4n) is 3.35. The number of nitrogens with one attached hydrogen (secondary N) is 1. The summed E-state index contributed by atoms with van der Waals surface area (Å²) in [6.07, 6.45) is 5.16. The molecule has 2 aromatic carbocycles. The van der Waals surface area contributed by atoms with E-state index in [9.17, 15) is 4.79 Å². The number of anilines is 1. The second-order valence-electron chi connectivity index (χ2n) is 7.32. The van der Waals surface area contributed by atoms with Gasteiger partial charge in [-0.1, -0.05) is 19.1 Å². The summed E-state index contributed by atoms with van der Waals surface area (Å²) in [5.74, 6) is 1.48. The maximum atomic E-state index is 12.6. The second-order valence-corrected chi connectivity index (χ2v) is 7.32. The lowest BCUT2D eigenvalue weighted by Gasteiger charge is -2.19. The zero-order chi connectivity index (χ0) is 19.2. The Hall–Kier alpha value is -2.49. The lowest BCUT2D eigenvalue weighted by Crippen LogP contribution is -2.32. The molecule has 1 amide bonds. The molecule has 2 aromatic rings. The summed E-state index contributed by atoms with van der Waals surface area (Å²) >= 11 is 0. The highest BCUT2D eigenvalue weighted by Crippen LogP contribution is 2.25. The van der Waals surface area contributed by atoms with E-state index in [4.69, 9.17) is 9.47 Å². The van der Waals surface area contributed by atoms with Crippen molar-refractivity contribution in [2.75, 3.05) is 5.32 Å². The third-order valence-electron chi connectivity index (χ3n) is 5.00. The van der Waals surface area contributed by atoms with E-state index in [0.717, 1.165) is 41.2 Å². The highest BCUT2D eigenvalue weighted by atomic mass is 16.5. The van der Waals surface area contributed by atoms with Gasteiger partial charge in [0.2, 0.25) is 0 Å². The minimum Gasteiger partial charge on any atom is -0.490 e. The first-order valence-corrected chi connectivity index (χ1v) is 9.86. The Morgan fingerprint density at radius 2 is 1.81 bits per heavy atom. The number of carbonyl (C=O) groups excluding carboxylic acids is 1. The first-order valence-electron chi connectivity index (χ1n) is 9.86. The number of ether oxygens (including phenoxy) is 2. The molecule has 1 N–H and O–H groups in total. The van der Waals surface area contributed by atoms with Crippen LogP contribution in [0.3, 0.4) is 0 Å². The highest BCUT2D eigenvalue weighted by molar-refractivity contribution is 5.94. The minimum atomic E-state index is -0.528. The lowest BCUT2D eigenvalue weighted by atomic mass is 10.1. The van der Waals surface area contributed by atoms with Gasteiger partial charge >= 0.3 is 0 Å². The van der Waals surface area contributed by atoms with Crippen molar-refractivity contribution in [1.82, 2.24) is 0 Å². The maximum Gasteiger partial charge on any atom is 0.265 e. The van der Waals surface area contributed by atoms with E-state index >= 15 is 0 Å². The van der Waals surface area contributed by atoms with Crippen LogP contribution < -0.4 is 14.8 Å². The molecular formula is C23H29NO3. The molecule has 0 spiro atoms. The summed E-state index contributed by atoms with van der Waals surface area (Å²) < 4.78 is 12.0. The van der Waals surface area contributed by atoms with Crippen LogP contribution in [0.25, 0.3) is 0 Å². The van der Waals surface area contributed by atoms with Crippen LogP contribution in [0, 0.1) is 13.8 Å². The number of hydrogen-bond donors (Lipinski definition) is 1. The van der Waals surface area contributed by atoms with Crippen molar-refractivity contribution >= 4 is 11.6 Å². The summed E-state index contributed by atoms with van der Waals surface area (Å²) in [7, 11) is 0. The second kappa shape index (κ2) is 8.94. The summed E-state index contributed by atoms with van der Waals surface area (Å²) in [5.41, 5.74) is 2.89. The van der Waals surface area contributed by atoms with Crippen molar-refractivity contribution < 1.29 is 14.3 Å². The normalized spacial score (nSPS) is 15.4. The Kier molecular flexibility index (Phi) is 6.38. The van der Waals surface area contributed by atoms with Gasteiger partial charge in [0.25, 0.3) is 5.91 Å². The Labute approximate surface area is 161 Å². The van der Waals surface area contributed by atoms with Crippen molar-refractivity contribution in [3.05, 3.63) is 53.6 Å². The Morgan fingerprint density at radius 3 is 2.48 bits per heavy atom. The number of benzene rings is 2. The van der Waals surface area contributed by atoms with E-state index in [1.54, 1.807) is 0 Å². The van der Waals surface area contributed by atoms with Crippen LogP contribution in [0.15, 0.2) is 42.5 Å². The van der Waals surface area contributed by atoms with Gasteiger partial charge in [-0.25, -0.2) is 0 Å². The molecule has 144 valence electrons. The predicted octanol–water partition coefficient (Wildman–Crippen LogP) is 5.42. The van der Waals surface area contributed by atoms with E-state index in [0.29, 0.717) is 12.5 Å². The zero-order valence-electron chi connectivity index (χ0n) is 16.5. The van der Waals surface area contributed by atoms with Gasteiger partial charge in [-0.15, -0.1) is 0 Å². The van der Waals surface area contributed by atoms with Gasteiger partial charge in [-0.05, 0) is 87.4 Å². The predicted molar refractivity (Wildman–Crippen MR) is 109 cm³/mol. The Bertz CT molecular complexity index is 764. The van der Waals surface area contributed by atoms with Gasteiger partial charge in [0, 0.05) is 5.69 Å². The number of amides is 1. The van der Waals surface area contributed by atoms with Crippen LogP contribution in [-0.4, -0.2) is 18.1 Å². The molecule has 1 aliphatic carbocycles. The molecule has 1 atom stereocenters. The molecular weight excluding hydrogens is 338 g/mol. The van der Waals surface area contributed by atoms with Crippen LogP contribution in [0.1, 0.15) is 50.2 Å². The quantitative estimate of drug-likeness (QED) is 0.711. The Balaban J connectivity index is 1.59. The monoisotopic (exact) mass is 367 g/mol. The smallest absolute Gasteiger partial charge is 0.265 e. The van der Waals surface area contributed by atoms with Gasteiger partial charge in [0.1, 0.15) is 11.5 Å². The standard InChI is InChI=1S/C23H29NO3/c1-4-21(27-22-15-16(2)9-10-17(22)3)23(25)24-18-11-13-20(14-12-18)26-19-7-5-6-8-19/h9-15,19,21H,4-8H2,1-3H3,(H,24,25)/t21-/m1/s1. The van der Waals surface area contributed by atoms with E-state index in [-0.39, 0.29) is 5.91 Å². The fraction of sp³-hybridized carbons (Fsp3) is 0.435. The largest absolute Gasteiger partial charge is 0.490 e. The van der Waals surface area contributed by atoms with Crippen LogP contribution in [0.4, 0.5) is 5.69 Å². The molecule has 0 aromatic heterocycles. The van der Waals surface area contributed by atoms with Crippen molar-refractivity contribution in [3.8, 4) is 11.5 Å². The van der Waals surface area contributed by atoms with E-state index in [1.165, 1.54) is 12.8 Å². The highest BCUT2D eigenvalue weighted by Gasteiger charge is 2.20. The molecule has 0 radical (unpaired) electrons. The van der Waals surface area contributed by atoms with Gasteiger partial charge in [-0.2, -0.15) is 0 Å². The molecule has 0 heterocycles. The van der Waals surface area contributed by atoms with Crippen LogP contribution in [-0.2, 0) is 4.79 Å². The topological polar surface area (TPSA) is 47.6 Å². The molecule has 3 rings (SSSR count). The number of carbonyl (C=O) groups is 1. The van der Waals surface area contributed by atoms with Gasteiger partial charge in [0.05, 0.1) is 6.10 Å². The van der Waals surface area contributed by atoms with Crippen molar-refractivity contribution in [3.63, 3.8) is 0 Å². The molecule has 0 aliphatic heterocycles.